The lowest BCUT2D eigenvalue weighted by atomic mass is 9.78. The van der Waals surface area contributed by atoms with Gasteiger partial charge >= 0.3 is 0 Å². The van der Waals surface area contributed by atoms with Crippen molar-refractivity contribution < 1.29 is 4.79 Å². The van der Waals surface area contributed by atoms with Gasteiger partial charge in [0.05, 0.1) is 5.92 Å². The Balaban J connectivity index is 0.00000144. The maximum Gasteiger partial charge on any atom is 0.224 e. The van der Waals surface area contributed by atoms with Gasteiger partial charge in [0.2, 0.25) is 5.91 Å². The predicted molar refractivity (Wildman–Crippen MR) is 72.4 cm³/mol. The molecular formula is C13H25ClN2O. The first-order chi connectivity index (χ1) is 7.59. The third-order valence-corrected chi connectivity index (χ3v) is 4.23. The zero-order valence-electron chi connectivity index (χ0n) is 10.9. The van der Waals surface area contributed by atoms with Crippen LogP contribution in [0.3, 0.4) is 0 Å². The van der Waals surface area contributed by atoms with Crippen LogP contribution in [0.15, 0.2) is 0 Å². The van der Waals surface area contributed by atoms with E-state index in [9.17, 15) is 4.79 Å². The van der Waals surface area contributed by atoms with Crippen LogP contribution < -0.4 is 10.6 Å². The molecule has 3 nitrogen and oxygen atoms in total. The van der Waals surface area contributed by atoms with Gasteiger partial charge in [-0.1, -0.05) is 6.92 Å². The molecule has 1 amide bonds. The highest BCUT2D eigenvalue weighted by Gasteiger charge is 2.33. The van der Waals surface area contributed by atoms with Crippen LogP contribution in [0.2, 0.25) is 0 Å². The number of amides is 1. The first kappa shape index (κ1) is 14.8. The molecule has 0 bridgehead atoms. The Morgan fingerprint density at radius 1 is 1.29 bits per heavy atom. The van der Waals surface area contributed by atoms with Crippen molar-refractivity contribution in [2.45, 2.75) is 51.5 Å². The Morgan fingerprint density at radius 3 is 2.47 bits per heavy atom. The van der Waals surface area contributed by atoms with E-state index < -0.39 is 0 Å². The highest BCUT2D eigenvalue weighted by molar-refractivity contribution is 5.85. The van der Waals surface area contributed by atoms with Crippen molar-refractivity contribution in [1.29, 1.82) is 0 Å². The molecule has 1 heterocycles. The fourth-order valence-electron chi connectivity index (χ4n) is 2.80. The molecule has 100 valence electrons. The van der Waals surface area contributed by atoms with Gasteiger partial charge in [-0.15, -0.1) is 12.4 Å². The minimum absolute atomic E-state index is 0. The maximum absolute atomic E-state index is 12.0. The standard InChI is InChI=1S/C13H24N2O.ClH/c1-10-3-6-13(2,7-4-10)15-12(16)11-5-8-14-9-11;/h10-11,14H,3-9H2,1-2H3,(H,15,16);1H. The second-order valence-corrected chi connectivity index (χ2v) is 5.92. The fraction of sp³-hybridized carbons (Fsp3) is 0.923. The van der Waals surface area contributed by atoms with Crippen molar-refractivity contribution in [3.05, 3.63) is 0 Å². The van der Waals surface area contributed by atoms with Crippen LogP contribution in [0, 0.1) is 11.8 Å². The fourth-order valence-corrected chi connectivity index (χ4v) is 2.80. The van der Waals surface area contributed by atoms with Crippen molar-refractivity contribution in [2.75, 3.05) is 13.1 Å². The van der Waals surface area contributed by atoms with Crippen LogP contribution in [-0.4, -0.2) is 24.5 Å². The molecule has 2 aliphatic rings. The topological polar surface area (TPSA) is 41.1 Å². The van der Waals surface area contributed by atoms with Crippen LogP contribution >= 0.6 is 12.4 Å². The van der Waals surface area contributed by atoms with Gasteiger partial charge in [0.15, 0.2) is 0 Å². The van der Waals surface area contributed by atoms with E-state index in [2.05, 4.69) is 24.5 Å². The Labute approximate surface area is 111 Å². The van der Waals surface area contributed by atoms with Gasteiger partial charge in [0, 0.05) is 12.1 Å². The minimum atomic E-state index is 0. The second-order valence-electron chi connectivity index (χ2n) is 5.92. The molecule has 1 saturated heterocycles. The molecule has 0 spiro atoms. The van der Waals surface area contributed by atoms with Crippen LogP contribution in [0.5, 0.6) is 0 Å². The van der Waals surface area contributed by atoms with Crippen molar-refractivity contribution in [3.63, 3.8) is 0 Å². The summed E-state index contributed by atoms with van der Waals surface area (Å²) in [5, 5.41) is 6.53. The van der Waals surface area contributed by atoms with E-state index in [1.54, 1.807) is 0 Å². The summed E-state index contributed by atoms with van der Waals surface area (Å²) in [6.45, 7) is 6.37. The second kappa shape index (κ2) is 6.05. The molecule has 1 atom stereocenters. The summed E-state index contributed by atoms with van der Waals surface area (Å²) in [6, 6.07) is 0. The van der Waals surface area contributed by atoms with Crippen molar-refractivity contribution in [2.24, 2.45) is 11.8 Å². The number of carbonyl (C=O) groups is 1. The highest BCUT2D eigenvalue weighted by Crippen LogP contribution is 2.31. The Hall–Kier alpha value is -0.280. The lowest BCUT2D eigenvalue weighted by molar-refractivity contribution is -0.126. The first-order valence-electron chi connectivity index (χ1n) is 6.62. The quantitative estimate of drug-likeness (QED) is 0.799. The largest absolute Gasteiger partial charge is 0.351 e. The molecule has 0 radical (unpaired) electrons. The molecule has 0 aromatic carbocycles. The summed E-state index contributed by atoms with van der Waals surface area (Å²) >= 11 is 0. The third-order valence-electron chi connectivity index (χ3n) is 4.23. The van der Waals surface area contributed by atoms with E-state index in [1.807, 2.05) is 0 Å². The molecule has 1 saturated carbocycles. The molecule has 1 unspecified atom stereocenters. The lowest BCUT2D eigenvalue weighted by Crippen LogP contribution is -2.50. The van der Waals surface area contributed by atoms with Gasteiger partial charge in [0.1, 0.15) is 0 Å². The number of nitrogens with one attached hydrogen (secondary N) is 2. The minimum Gasteiger partial charge on any atom is -0.351 e. The Kier molecular flexibility index (Phi) is 5.26. The zero-order chi connectivity index (χ0) is 11.6. The summed E-state index contributed by atoms with van der Waals surface area (Å²) in [4.78, 5) is 12.0. The molecule has 2 N–H and O–H groups in total. The molecule has 1 aliphatic carbocycles. The average Bonchev–Trinajstić information content (AvgIpc) is 2.76. The van der Waals surface area contributed by atoms with Crippen molar-refractivity contribution >= 4 is 18.3 Å². The molecule has 4 heteroatoms. The first-order valence-corrected chi connectivity index (χ1v) is 6.62. The van der Waals surface area contributed by atoms with E-state index in [-0.39, 0.29) is 29.8 Å². The summed E-state index contributed by atoms with van der Waals surface area (Å²) in [5.41, 5.74) is 0.0617. The summed E-state index contributed by atoms with van der Waals surface area (Å²) in [5.74, 6) is 1.30. The zero-order valence-corrected chi connectivity index (χ0v) is 11.7. The molecule has 2 rings (SSSR count). The van der Waals surface area contributed by atoms with E-state index in [0.29, 0.717) is 0 Å². The number of hydrogen-bond donors (Lipinski definition) is 2. The molecule has 1 aliphatic heterocycles. The average molecular weight is 261 g/mol. The van der Waals surface area contributed by atoms with Gasteiger partial charge in [-0.2, -0.15) is 0 Å². The van der Waals surface area contributed by atoms with Gasteiger partial charge in [-0.05, 0) is 51.5 Å². The van der Waals surface area contributed by atoms with E-state index in [1.165, 1.54) is 12.8 Å². The maximum atomic E-state index is 12.0. The smallest absolute Gasteiger partial charge is 0.224 e. The lowest BCUT2D eigenvalue weighted by Gasteiger charge is -2.37. The monoisotopic (exact) mass is 260 g/mol. The normalized spacial score (nSPS) is 37.3. The van der Waals surface area contributed by atoms with E-state index in [0.717, 1.165) is 38.3 Å². The molecule has 17 heavy (non-hydrogen) atoms. The Bertz CT molecular complexity index is 256. The van der Waals surface area contributed by atoms with Gasteiger partial charge < -0.3 is 10.6 Å². The molecule has 0 aromatic heterocycles. The number of rotatable bonds is 2. The molecule has 2 fully saturated rings. The number of halogens is 1. The van der Waals surface area contributed by atoms with Crippen LogP contribution in [-0.2, 0) is 4.79 Å². The van der Waals surface area contributed by atoms with E-state index in [4.69, 9.17) is 0 Å². The Morgan fingerprint density at radius 2 is 1.94 bits per heavy atom. The van der Waals surface area contributed by atoms with E-state index >= 15 is 0 Å². The van der Waals surface area contributed by atoms with Crippen molar-refractivity contribution in [1.82, 2.24) is 10.6 Å². The molecular weight excluding hydrogens is 236 g/mol. The van der Waals surface area contributed by atoms with Crippen LogP contribution in [0.25, 0.3) is 0 Å². The highest BCUT2D eigenvalue weighted by atomic mass is 35.5. The SMILES string of the molecule is CC1CCC(C)(NC(=O)C2CCNC2)CC1.Cl. The van der Waals surface area contributed by atoms with Gasteiger partial charge in [-0.3, -0.25) is 4.79 Å². The number of hydrogen-bond acceptors (Lipinski definition) is 2. The summed E-state index contributed by atoms with van der Waals surface area (Å²) in [6.07, 6.45) is 5.78. The summed E-state index contributed by atoms with van der Waals surface area (Å²) < 4.78 is 0. The van der Waals surface area contributed by atoms with Crippen molar-refractivity contribution in [3.8, 4) is 0 Å². The summed E-state index contributed by atoms with van der Waals surface area (Å²) in [7, 11) is 0. The number of carbonyl (C=O) groups excluding carboxylic acids is 1. The van der Waals surface area contributed by atoms with Crippen LogP contribution in [0.4, 0.5) is 0 Å². The van der Waals surface area contributed by atoms with Gasteiger partial charge in [-0.25, -0.2) is 0 Å². The molecule has 0 aromatic rings. The third kappa shape index (κ3) is 3.85. The van der Waals surface area contributed by atoms with Gasteiger partial charge in [0.25, 0.3) is 0 Å². The predicted octanol–water partition coefficient (Wildman–Crippen LogP) is 2.10. The van der Waals surface area contributed by atoms with Crippen LogP contribution in [0.1, 0.15) is 46.0 Å².